The molecule has 0 atom stereocenters. The Morgan fingerprint density at radius 2 is 2.04 bits per heavy atom. The molecule has 0 radical (unpaired) electrons. The summed E-state index contributed by atoms with van der Waals surface area (Å²) in [5.41, 5.74) is 2.95. The lowest BCUT2D eigenvalue weighted by Crippen LogP contribution is -2.10. The fourth-order valence-electron chi connectivity index (χ4n) is 1.88. The van der Waals surface area contributed by atoms with Crippen LogP contribution in [-0.4, -0.2) is 26.0 Å². The SMILES string of the molecule is Cl.Cl.Nn1cnnc1N/N=C\c1ccc(-c2ccccc2[N+](=O)[O-])o1. The van der Waals surface area contributed by atoms with Crippen LogP contribution in [0.5, 0.6) is 0 Å². The molecular formula is C13H13Cl2N7O3. The van der Waals surface area contributed by atoms with E-state index in [1.165, 1.54) is 18.6 Å². The van der Waals surface area contributed by atoms with Gasteiger partial charge in [0.2, 0.25) is 0 Å². The number of para-hydroxylation sites is 1. The fourth-order valence-corrected chi connectivity index (χ4v) is 1.88. The highest BCUT2D eigenvalue weighted by molar-refractivity contribution is 5.85. The third kappa shape index (κ3) is 4.46. The number of halogens is 2. The zero-order valence-corrected chi connectivity index (χ0v) is 14.1. The first-order chi connectivity index (χ1) is 11.1. The van der Waals surface area contributed by atoms with Crippen molar-refractivity contribution in [3.05, 3.63) is 58.6 Å². The van der Waals surface area contributed by atoms with Crippen LogP contribution in [0.1, 0.15) is 5.76 Å². The monoisotopic (exact) mass is 385 g/mol. The number of hydrazone groups is 1. The minimum atomic E-state index is -0.457. The first-order valence-electron chi connectivity index (χ1n) is 6.43. The molecule has 3 rings (SSSR count). The van der Waals surface area contributed by atoms with E-state index in [-0.39, 0.29) is 36.4 Å². The second-order valence-electron chi connectivity index (χ2n) is 4.41. The Morgan fingerprint density at radius 3 is 2.72 bits per heavy atom. The summed E-state index contributed by atoms with van der Waals surface area (Å²) in [6.45, 7) is 0. The molecule has 0 fully saturated rings. The summed E-state index contributed by atoms with van der Waals surface area (Å²) in [5.74, 6) is 6.56. The van der Waals surface area contributed by atoms with Crippen LogP contribution in [0.4, 0.5) is 11.6 Å². The molecule has 132 valence electrons. The predicted molar refractivity (Wildman–Crippen MR) is 96.7 cm³/mol. The number of rotatable bonds is 5. The Morgan fingerprint density at radius 1 is 1.28 bits per heavy atom. The molecule has 2 aromatic heterocycles. The number of hydrogen-bond donors (Lipinski definition) is 2. The van der Waals surface area contributed by atoms with Gasteiger partial charge in [0.15, 0.2) is 0 Å². The van der Waals surface area contributed by atoms with Crippen molar-refractivity contribution in [1.82, 2.24) is 14.9 Å². The van der Waals surface area contributed by atoms with Gasteiger partial charge in [-0.05, 0) is 18.2 Å². The van der Waals surface area contributed by atoms with Crippen molar-refractivity contribution in [3.8, 4) is 11.3 Å². The minimum absolute atomic E-state index is 0. The molecule has 1 aromatic carbocycles. The summed E-state index contributed by atoms with van der Waals surface area (Å²) in [7, 11) is 0. The molecule has 0 aliphatic carbocycles. The molecule has 3 N–H and O–H groups in total. The Hall–Kier alpha value is -3.11. The number of nitro benzene ring substituents is 1. The van der Waals surface area contributed by atoms with Gasteiger partial charge in [-0.2, -0.15) is 5.10 Å². The number of nitrogens with zero attached hydrogens (tertiary/aromatic N) is 5. The largest absolute Gasteiger partial charge is 0.455 e. The number of nitrogens with one attached hydrogen (secondary N) is 1. The number of nitro groups is 1. The molecule has 0 spiro atoms. The van der Waals surface area contributed by atoms with Gasteiger partial charge in [0.25, 0.3) is 11.6 Å². The molecule has 0 aliphatic rings. The Bertz CT molecular complexity index is 878. The molecule has 10 nitrogen and oxygen atoms in total. The van der Waals surface area contributed by atoms with Gasteiger partial charge in [-0.25, -0.2) is 10.1 Å². The lowest BCUT2D eigenvalue weighted by molar-refractivity contribution is -0.384. The second-order valence-corrected chi connectivity index (χ2v) is 4.41. The van der Waals surface area contributed by atoms with Gasteiger partial charge in [-0.15, -0.1) is 35.0 Å². The van der Waals surface area contributed by atoms with E-state index in [4.69, 9.17) is 10.3 Å². The zero-order chi connectivity index (χ0) is 16.2. The molecule has 0 saturated carbocycles. The van der Waals surface area contributed by atoms with Crippen LogP contribution in [0.2, 0.25) is 0 Å². The van der Waals surface area contributed by atoms with E-state index in [0.717, 1.165) is 4.68 Å². The second kappa shape index (κ2) is 8.66. The molecule has 25 heavy (non-hydrogen) atoms. The standard InChI is InChI=1S/C13H11N7O3.2ClH/c14-19-8-16-18-13(19)17-15-7-9-5-6-12(23-9)10-3-1-2-4-11(10)20(21)22;;/h1-8H,14H2,(H,17,18);2*1H/b15-7-;;. The van der Waals surface area contributed by atoms with Crippen molar-refractivity contribution in [2.24, 2.45) is 5.10 Å². The summed E-state index contributed by atoms with van der Waals surface area (Å²) in [6, 6.07) is 9.61. The number of anilines is 1. The molecular weight excluding hydrogens is 373 g/mol. The van der Waals surface area contributed by atoms with Crippen molar-refractivity contribution >= 4 is 42.7 Å². The highest BCUT2D eigenvalue weighted by Crippen LogP contribution is 2.30. The van der Waals surface area contributed by atoms with Gasteiger partial charge in [0.1, 0.15) is 17.8 Å². The van der Waals surface area contributed by atoms with Crippen molar-refractivity contribution < 1.29 is 9.34 Å². The highest BCUT2D eigenvalue weighted by Gasteiger charge is 2.16. The molecule has 0 amide bonds. The summed E-state index contributed by atoms with van der Waals surface area (Å²) in [5, 5.41) is 22.2. The average Bonchev–Trinajstić information content (AvgIpc) is 3.17. The Kier molecular flexibility index (Phi) is 6.91. The van der Waals surface area contributed by atoms with Gasteiger partial charge in [-0.1, -0.05) is 12.1 Å². The maximum Gasteiger partial charge on any atom is 0.280 e. The van der Waals surface area contributed by atoms with E-state index in [9.17, 15) is 10.1 Å². The number of aromatic nitrogens is 3. The van der Waals surface area contributed by atoms with Gasteiger partial charge in [0.05, 0.1) is 16.7 Å². The first kappa shape index (κ1) is 19.9. The maximum absolute atomic E-state index is 11.0. The molecule has 0 saturated heterocycles. The molecule has 0 unspecified atom stereocenters. The van der Waals surface area contributed by atoms with E-state index in [1.807, 2.05) is 0 Å². The van der Waals surface area contributed by atoms with Crippen LogP contribution >= 0.6 is 24.8 Å². The maximum atomic E-state index is 11.0. The van der Waals surface area contributed by atoms with Crippen molar-refractivity contribution in [3.63, 3.8) is 0 Å². The molecule has 0 bridgehead atoms. The topological polar surface area (TPSA) is 137 Å². The fraction of sp³-hybridized carbons (Fsp3) is 0. The number of benzene rings is 1. The summed E-state index contributed by atoms with van der Waals surface area (Å²) in [6.07, 6.45) is 2.71. The van der Waals surface area contributed by atoms with E-state index < -0.39 is 4.92 Å². The quantitative estimate of drug-likeness (QED) is 0.297. The lowest BCUT2D eigenvalue weighted by atomic mass is 10.1. The lowest BCUT2D eigenvalue weighted by Gasteiger charge is -1.98. The van der Waals surface area contributed by atoms with E-state index in [1.54, 1.807) is 30.3 Å². The van der Waals surface area contributed by atoms with Gasteiger partial charge in [0, 0.05) is 6.07 Å². The van der Waals surface area contributed by atoms with Crippen LogP contribution in [0.25, 0.3) is 11.3 Å². The number of nitrogen functional groups attached to an aromatic ring is 1. The van der Waals surface area contributed by atoms with Crippen LogP contribution in [0.3, 0.4) is 0 Å². The van der Waals surface area contributed by atoms with Crippen molar-refractivity contribution in [2.75, 3.05) is 11.3 Å². The van der Waals surface area contributed by atoms with Gasteiger partial charge < -0.3 is 10.3 Å². The smallest absolute Gasteiger partial charge is 0.280 e. The van der Waals surface area contributed by atoms with Gasteiger partial charge in [-0.3, -0.25) is 10.1 Å². The molecule has 0 aliphatic heterocycles. The molecule has 2 heterocycles. The number of hydrogen-bond acceptors (Lipinski definition) is 8. The minimum Gasteiger partial charge on any atom is -0.455 e. The number of nitrogens with two attached hydrogens (primary N) is 1. The summed E-state index contributed by atoms with van der Waals surface area (Å²) in [4.78, 5) is 10.6. The highest BCUT2D eigenvalue weighted by atomic mass is 35.5. The third-order valence-electron chi connectivity index (χ3n) is 2.92. The first-order valence-corrected chi connectivity index (χ1v) is 6.43. The third-order valence-corrected chi connectivity index (χ3v) is 2.92. The Balaban J connectivity index is 0.00000156. The predicted octanol–water partition coefficient (Wildman–Crippen LogP) is 2.45. The zero-order valence-electron chi connectivity index (χ0n) is 12.5. The van der Waals surface area contributed by atoms with Gasteiger partial charge >= 0.3 is 0 Å². The van der Waals surface area contributed by atoms with Crippen molar-refractivity contribution in [2.45, 2.75) is 0 Å². The van der Waals surface area contributed by atoms with Crippen LogP contribution in [0, 0.1) is 10.1 Å². The average molecular weight is 386 g/mol. The normalized spacial score (nSPS) is 10.1. The van der Waals surface area contributed by atoms with Crippen LogP contribution < -0.4 is 11.3 Å². The van der Waals surface area contributed by atoms with E-state index >= 15 is 0 Å². The van der Waals surface area contributed by atoms with Crippen molar-refractivity contribution in [1.29, 1.82) is 0 Å². The summed E-state index contributed by atoms with van der Waals surface area (Å²) >= 11 is 0. The van der Waals surface area contributed by atoms with E-state index in [0.29, 0.717) is 17.1 Å². The van der Waals surface area contributed by atoms with Crippen LogP contribution in [-0.2, 0) is 0 Å². The number of furan rings is 1. The van der Waals surface area contributed by atoms with Crippen LogP contribution in [0.15, 0.2) is 52.2 Å². The summed E-state index contributed by atoms with van der Waals surface area (Å²) < 4.78 is 6.71. The van der Waals surface area contributed by atoms with E-state index in [2.05, 4.69) is 20.7 Å². The Labute approximate surface area is 153 Å². The molecule has 3 aromatic rings. The molecule has 12 heteroatoms.